The minimum Gasteiger partial charge on any atom is -0.301 e. The second-order valence-electron chi connectivity index (χ2n) is 11.3. The molecule has 366 valence electrons. The van der Waals surface area contributed by atoms with E-state index in [-0.39, 0.29) is 0 Å². The van der Waals surface area contributed by atoms with E-state index < -0.39 is 154 Å². The third-order valence-corrected chi connectivity index (χ3v) is 9.43. The van der Waals surface area contributed by atoms with Gasteiger partial charge in [0.1, 0.15) is 10.9 Å². The largest absolute Gasteiger partial charge is 0.460 e. The summed E-state index contributed by atoms with van der Waals surface area (Å²) in [6.07, 6.45) is -25.8. The smallest absolute Gasteiger partial charge is 0.301 e. The van der Waals surface area contributed by atoms with E-state index in [1.54, 1.807) is 0 Å². The molecule has 0 aliphatic heterocycles. The van der Waals surface area contributed by atoms with Crippen LogP contribution in [-0.4, -0.2) is 117 Å². The molecule has 0 fully saturated rings. The summed E-state index contributed by atoms with van der Waals surface area (Å²) in [5.41, 5.74) is -9.17. The van der Waals surface area contributed by atoms with Gasteiger partial charge in [0.05, 0.1) is 12.8 Å². The maximum absolute atomic E-state index is 14.1. The zero-order valence-electron chi connectivity index (χ0n) is 26.6. The molecule has 0 N–H and O–H groups in total. The maximum Gasteiger partial charge on any atom is 0.460 e. The van der Waals surface area contributed by atoms with Crippen molar-refractivity contribution < 1.29 is 163 Å². The topological polar surface area (TPSA) is 17.1 Å². The highest BCUT2D eigenvalue weighted by Gasteiger charge is 2.97. The van der Waals surface area contributed by atoms with E-state index in [0.29, 0.717) is 0 Å². The summed E-state index contributed by atoms with van der Waals surface area (Å²) in [6, 6.07) is 0. The van der Waals surface area contributed by atoms with Crippen molar-refractivity contribution >= 4 is 29.8 Å². The van der Waals surface area contributed by atoms with E-state index in [4.69, 9.17) is 0 Å². The van der Waals surface area contributed by atoms with Gasteiger partial charge < -0.3 is 4.79 Å². The Balaban J connectivity index is 6.54. The van der Waals surface area contributed by atoms with E-state index in [9.17, 15) is 163 Å². The van der Waals surface area contributed by atoms with Gasteiger partial charge in [-0.05, 0) is 0 Å². The average Bonchev–Trinajstić information content (AvgIpc) is 3.01. The molecule has 0 heterocycles. The van der Waals surface area contributed by atoms with Crippen LogP contribution in [0.4, 0.5) is 158 Å². The summed E-state index contributed by atoms with van der Waals surface area (Å²) in [5, 5.41) is 0. The van der Waals surface area contributed by atoms with Crippen LogP contribution >= 0.6 is 23.5 Å². The van der Waals surface area contributed by atoms with Crippen LogP contribution in [0.2, 0.25) is 0 Å². The lowest BCUT2D eigenvalue weighted by atomic mass is 9.88. The Bertz CT molecular complexity index is 1420. The number of aldehydes is 1. The van der Waals surface area contributed by atoms with Gasteiger partial charge in [-0.3, -0.25) is 0 Å². The molecule has 39 heteroatoms. The Labute approximate surface area is 317 Å². The first-order chi connectivity index (χ1) is 25.9. The molecule has 0 aromatic carbocycles. The number of hydrogen-bond acceptors (Lipinski definition) is 3. The molecule has 0 saturated carbocycles. The van der Waals surface area contributed by atoms with Crippen molar-refractivity contribution in [3.8, 4) is 0 Å². The van der Waals surface area contributed by atoms with E-state index in [2.05, 4.69) is 0 Å². The highest BCUT2D eigenvalue weighted by molar-refractivity contribution is 8.18. The van der Waals surface area contributed by atoms with Crippen molar-refractivity contribution in [3.63, 3.8) is 0 Å². The Morgan fingerprint density at radius 2 is 0.459 bits per heavy atom. The number of thioether (sulfide) groups is 2. The van der Waals surface area contributed by atoms with Crippen LogP contribution in [0.3, 0.4) is 0 Å². The van der Waals surface area contributed by atoms with Crippen LogP contribution in [-0.2, 0) is 4.79 Å². The predicted octanol–water partition coefficient (Wildman–Crippen LogP) is 13.4. The molecule has 0 spiro atoms. The molecule has 0 rings (SSSR count). The highest BCUT2D eigenvalue weighted by Crippen LogP contribution is 2.66. The minimum atomic E-state index is -9.19. The number of carbonyl (C=O) groups excluding carboxylic acids is 1. The van der Waals surface area contributed by atoms with Gasteiger partial charge in [-0.2, -0.15) is 149 Å². The normalized spacial score (nSPS) is 18.0. The maximum atomic E-state index is 14.1. The Kier molecular flexibility index (Phi) is 15.5. The van der Waals surface area contributed by atoms with E-state index >= 15 is 0 Å². The van der Waals surface area contributed by atoms with Gasteiger partial charge in [-0.25, -0.2) is 8.78 Å². The van der Waals surface area contributed by atoms with Crippen LogP contribution in [0.15, 0.2) is 0 Å². The fourth-order valence-electron chi connectivity index (χ4n) is 3.54. The Hall–Kier alpha value is -2.15. The molecule has 61 heavy (non-hydrogen) atoms. The first-order valence-corrected chi connectivity index (χ1v) is 15.3. The first-order valence-electron chi connectivity index (χ1n) is 13.4. The number of rotatable bonds is 21. The SMILES string of the molecule is O=CC(SC(F)CC(F)(F)C(F)(F)C(F)(F)C(F)(F)C(F)(F)C(F)(F)C(F)(F)C(F)(F)F)SC(F)CC(F)(F)C(F)(F)C(F)(F)C(F)(F)C(F)(F)C(F)(F)C(F)(F)C(F)(F)F. The fourth-order valence-corrected chi connectivity index (χ4v) is 5.84. The molecule has 0 aliphatic carbocycles. The van der Waals surface area contributed by atoms with Crippen molar-refractivity contribution in [3.05, 3.63) is 0 Å². The third kappa shape index (κ3) is 8.72. The number of hydrogen-bond donors (Lipinski definition) is 0. The highest BCUT2D eigenvalue weighted by atomic mass is 32.2. The van der Waals surface area contributed by atoms with E-state index in [1.807, 2.05) is 0 Å². The van der Waals surface area contributed by atoms with Crippen LogP contribution in [0.5, 0.6) is 0 Å². The lowest BCUT2D eigenvalue weighted by Crippen LogP contribution is -2.74. The van der Waals surface area contributed by atoms with Gasteiger partial charge in [0, 0.05) is 0 Å². The Morgan fingerprint density at radius 3 is 0.623 bits per heavy atom. The minimum absolute atomic E-state index is 1.33. The van der Waals surface area contributed by atoms with Crippen molar-refractivity contribution in [1.29, 1.82) is 0 Å². The number of carbonyl (C=O) groups is 1. The van der Waals surface area contributed by atoms with Gasteiger partial charge in [0.15, 0.2) is 11.0 Å². The molecule has 1 nitrogen and oxygen atoms in total. The number of halogens is 36. The summed E-state index contributed by atoms with van der Waals surface area (Å²) < 4.78 is 477. The van der Waals surface area contributed by atoms with Crippen LogP contribution in [0.25, 0.3) is 0 Å². The third-order valence-electron chi connectivity index (χ3n) is 7.08. The zero-order valence-corrected chi connectivity index (χ0v) is 28.2. The van der Waals surface area contributed by atoms with Gasteiger partial charge in [0.25, 0.3) is 0 Å². The second kappa shape index (κ2) is 16.1. The molecule has 0 radical (unpaired) electrons. The fraction of sp³-hybridized carbons (Fsp3) is 0.955. The molecular formula is C22H8F36OS2. The number of alkyl halides is 36. The molecule has 0 amide bonds. The quantitative estimate of drug-likeness (QED) is 0.0648. The molecule has 0 bridgehead atoms. The van der Waals surface area contributed by atoms with E-state index in [0.717, 1.165) is 0 Å². The Morgan fingerprint density at radius 1 is 0.295 bits per heavy atom. The lowest BCUT2D eigenvalue weighted by Gasteiger charge is -2.43. The summed E-state index contributed by atoms with van der Waals surface area (Å²) >= 11 is -3.58. The summed E-state index contributed by atoms with van der Waals surface area (Å²) in [7, 11) is 0. The van der Waals surface area contributed by atoms with Crippen LogP contribution in [0.1, 0.15) is 12.8 Å². The van der Waals surface area contributed by atoms with Crippen molar-refractivity contribution in [2.45, 2.75) is 124 Å². The predicted molar refractivity (Wildman–Crippen MR) is 125 cm³/mol. The molecular weight excluding hydrogens is 1030 g/mol. The van der Waals surface area contributed by atoms with Gasteiger partial charge in [-0.1, -0.05) is 0 Å². The second-order valence-corrected chi connectivity index (χ2v) is 14.2. The molecule has 0 aromatic rings. The van der Waals surface area contributed by atoms with Crippen molar-refractivity contribution in [2.75, 3.05) is 0 Å². The zero-order chi connectivity index (χ0) is 50.3. The molecule has 0 aliphatic rings. The molecule has 0 saturated heterocycles. The lowest BCUT2D eigenvalue weighted by molar-refractivity contribution is -0.461. The van der Waals surface area contributed by atoms with E-state index in [1.165, 1.54) is 0 Å². The van der Waals surface area contributed by atoms with Gasteiger partial charge in [0.2, 0.25) is 0 Å². The molecule has 0 aromatic heterocycles. The van der Waals surface area contributed by atoms with Crippen molar-refractivity contribution in [2.24, 2.45) is 0 Å². The monoisotopic (exact) mass is 1040 g/mol. The summed E-state index contributed by atoms with van der Waals surface area (Å²) in [4.78, 5) is 10.9. The standard InChI is InChI=1S/C22H8F36OS2/c23-4(1-7(25,26)9(29,30)11(33,34)13(37,38)15(41,42)17(45,46)19(49,50)21(53,54)55)60-6(3-59)61-5(24)2-8(27,28)10(31,32)12(35,36)14(39,40)16(43,44)18(47,48)20(51,52)22(56,57)58/h3-6H,1-2H2. The van der Waals surface area contributed by atoms with Crippen LogP contribution in [0, 0.1) is 0 Å². The summed E-state index contributed by atoms with van der Waals surface area (Å²) in [5.74, 6) is -122. The molecule has 2 unspecified atom stereocenters. The van der Waals surface area contributed by atoms with Crippen LogP contribution < -0.4 is 0 Å². The van der Waals surface area contributed by atoms with Crippen molar-refractivity contribution in [1.82, 2.24) is 0 Å². The average molecular weight is 1040 g/mol. The van der Waals surface area contributed by atoms with Gasteiger partial charge in [-0.15, -0.1) is 23.5 Å². The first kappa shape index (κ1) is 58.9. The summed E-state index contributed by atoms with van der Waals surface area (Å²) in [6.45, 7) is 0. The van der Waals surface area contributed by atoms with Gasteiger partial charge >= 0.3 is 95.3 Å². The molecule has 2 atom stereocenters.